The van der Waals surface area contributed by atoms with Gasteiger partial charge in [-0.05, 0) is 13.8 Å². The Labute approximate surface area is 138 Å². The Bertz CT molecular complexity index is 775. The van der Waals surface area contributed by atoms with Crippen molar-refractivity contribution in [1.82, 2.24) is 14.9 Å². The third-order valence-corrected chi connectivity index (χ3v) is 4.04. The highest BCUT2D eigenvalue weighted by Gasteiger charge is 2.57. The van der Waals surface area contributed by atoms with Gasteiger partial charge in [-0.2, -0.15) is 4.99 Å². The number of aliphatic imine (C=N–C) groups is 1. The van der Waals surface area contributed by atoms with Gasteiger partial charge in [0.05, 0.1) is 18.1 Å². The Morgan fingerprint density at radius 3 is 2.92 bits per heavy atom. The molecule has 128 valence electrons. The smallest absolute Gasteiger partial charge is 0.199 e. The molecule has 1 saturated heterocycles. The number of hydrogen-bond donors (Lipinski definition) is 5. The highest BCUT2D eigenvalue weighted by atomic mass is 16.6. The molecule has 0 amide bonds. The van der Waals surface area contributed by atoms with Crippen molar-refractivity contribution in [3.63, 3.8) is 0 Å². The molecule has 0 bridgehead atoms. The van der Waals surface area contributed by atoms with E-state index in [0.717, 1.165) is 0 Å². The lowest BCUT2D eigenvalue weighted by Crippen LogP contribution is -2.47. The average Bonchev–Trinajstić information content (AvgIpc) is 3.00. The summed E-state index contributed by atoms with van der Waals surface area (Å²) in [5, 5.41) is 33.9. The maximum absolute atomic E-state index is 10.9. The highest BCUT2D eigenvalue weighted by molar-refractivity contribution is 5.93. The predicted octanol–water partition coefficient (Wildman–Crippen LogP) is -1.20. The van der Waals surface area contributed by atoms with Gasteiger partial charge in [0.2, 0.25) is 0 Å². The van der Waals surface area contributed by atoms with Gasteiger partial charge in [-0.15, -0.1) is 5.92 Å². The van der Waals surface area contributed by atoms with E-state index in [0.29, 0.717) is 17.2 Å². The van der Waals surface area contributed by atoms with Crippen LogP contribution in [0.15, 0.2) is 17.9 Å². The number of aliphatic hydroxyl groups is 3. The Morgan fingerprint density at radius 1 is 1.58 bits per heavy atom. The van der Waals surface area contributed by atoms with Crippen LogP contribution in [0.3, 0.4) is 0 Å². The lowest BCUT2D eigenvalue weighted by Gasteiger charge is -2.27. The van der Waals surface area contributed by atoms with Gasteiger partial charge in [0.1, 0.15) is 17.9 Å². The number of nitrogens with two attached hydrogens (primary N) is 1. The fourth-order valence-corrected chi connectivity index (χ4v) is 2.92. The Hall–Kier alpha value is -2.38. The maximum atomic E-state index is 10.9. The Morgan fingerprint density at radius 2 is 2.29 bits per heavy atom. The van der Waals surface area contributed by atoms with Crippen LogP contribution in [-0.4, -0.2) is 54.7 Å². The number of hydrogen-bond acceptors (Lipinski definition) is 8. The predicted molar refractivity (Wildman–Crippen MR) is 85.7 cm³/mol. The highest BCUT2D eigenvalue weighted by Crippen LogP contribution is 2.42. The van der Waals surface area contributed by atoms with Crippen molar-refractivity contribution in [2.45, 2.75) is 44.0 Å². The number of guanidine groups is 1. The van der Waals surface area contributed by atoms with E-state index in [1.54, 1.807) is 0 Å². The van der Waals surface area contributed by atoms with Crippen LogP contribution in [0.4, 0.5) is 5.82 Å². The molecule has 9 heteroatoms. The minimum Gasteiger partial charge on any atom is -0.391 e. The molecule has 0 aromatic carbocycles. The molecule has 2 aliphatic heterocycles. The van der Waals surface area contributed by atoms with Crippen molar-refractivity contribution in [3.05, 3.63) is 18.6 Å². The standard InChI is InChI=1S/C15H19N5O4/c1-4-5-15(23)11(22)10(8(3)21)24-13(15)20-6-17-9-7(2)18-14(16)19-12(9)20/h6,8,10-11,13,21-23H,2H2,1,3H3,(H3,16,18,19)/t8-,10?,11?,13+,15+/m0/s1. The second kappa shape index (κ2) is 5.61. The van der Waals surface area contributed by atoms with E-state index in [9.17, 15) is 15.3 Å². The van der Waals surface area contributed by atoms with Crippen LogP contribution in [0.1, 0.15) is 25.8 Å². The van der Waals surface area contributed by atoms with Gasteiger partial charge in [-0.1, -0.05) is 12.5 Å². The summed E-state index contributed by atoms with van der Waals surface area (Å²) in [5.41, 5.74) is 4.66. The number of rotatable bonds is 2. The number of aliphatic hydroxyl groups excluding tert-OH is 2. The lowest BCUT2D eigenvalue weighted by atomic mass is 9.92. The summed E-state index contributed by atoms with van der Waals surface area (Å²) in [7, 11) is 0. The third-order valence-electron chi connectivity index (χ3n) is 4.04. The van der Waals surface area contributed by atoms with Crippen LogP contribution in [0, 0.1) is 11.8 Å². The van der Waals surface area contributed by atoms with E-state index in [1.165, 1.54) is 24.7 Å². The normalized spacial score (nSPS) is 33.1. The first-order chi connectivity index (χ1) is 11.3. The monoisotopic (exact) mass is 333 g/mol. The van der Waals surface area contributed by atoms with Crippen molar-refractivity contribution in [1.29, 1.82) is 0 Å². The molecule has 0 aliphatic carbocycles. The zero-order chi connectivity index (χ0) is 17.6. The van der Waals surface area contributed by atoms with Crippen LogP contribution < -0.4 is 11.1 Å². The molecule has 6 N–H and O–H groups in total. The number of nitrogens with zero attached hydrogens (tertiary/aromatic N) is 3. The van der Waals surface area contributed by atoms with Crippen LogP contribution in [0.2, 0.25) is 0 Å². The Kier molecular flexibility index (Phi) is 3.85. The summed E-state index contributed by atoms with van der Waals surface area (Å²) in [6.07, 6.45) is -3.19. The zero-order valence-corrected chi connectivity index (χ0v) is 13.3. The topological polar surface area (TPSA) is 138 Å². The molecule has 5 atom stereocenters. The number of ether oxygens (including phenoxy) is 1. The van der Waals surface area contributed by atoms with E-state index in [1.807, 2.05) is 0 Å². The van der Waals surface area contributed by atoms with Crippen LogP contribution in [0.5, 0.6) is 0 Å². The molecule has 24 heavy (non-hydrogen) atoms. The second-order valence-electron chi connectivity index (χ2n) is 5.76. The minimum absolute atomic E-state index is 0.116. The van der Waals surface area contributed by atoms with E-state index < -0.39 is 30.1 Å². The van der Waals surface area contributed by atoms with Gasteiger partial charge in [0, 0.05) is 0 Å². The molecule has 2 aliphatic rings. The van der Waals surface area contributed by atoms with Gasteiger partial charge in [0.15, 0.2) is 23.6 Å². The summed E-state index contributed by atoms with van der Waals surface area (Å²) in [4.78, 5) is 8.35. The van der Waals surface area contributed by atoms with Gasteiger partial charge in [0.25, 0.3) is 0 Å². The zero-order valence-electron chi connectivity index (χ0n) is 13.3. The quantitative estimate of drug-likeness (QED) is 0.428. The third kappa shape index (κ3) is 2.28. The molecule has 1 aromatic rings. The SMILES string of the molecule is C=C1NC(N)=Nc2c1ncn2[C@@H]1OC([C@H](C)O)C(O)[C@]1(O)C#CC. The van der Waals surface area contributed by atoms with Crippen molar-refractivity contribution in [2.24, 2.45) is 10.7 Å². The molecule has 1 fully saturated rings. The molecule has 9 nitrogen and oxygen atoms in total. The van der Waals surface area contributed by atoms with Crippen molar-refractivity contribution < 1.29 is 20.1 Å². The summed E-state index contributed by atoms with van der Waals surface area (Å²) in [6, 6.07) is 0. The number of imidazole rings is 1. The molecule has 3 heterocycles. The summed E-state index contributed by atoms with van der Waals surface area (Å²) in [5.74, 6) is 5.59. The molecule has 2 unspecified atom stereocenters. The molecule has 0 saturated carbocycles. The molecule has 1 aromatic heterocycles. The number of aromatic nitrogens is 2. The van der Waals surface area contributed by atoms with Gasteiger partial charge in [-0.3, -0.25) is 4.57 Å². The van der Waals surface area contributed by atoms with Crippen LogP contribution in [0.25, 0.3) is 5.70 Å². The summed E-state index contributed by atoms with van der Waals surface area (Å²) < 4.78 is 7.12. The minimum atomic E-state index is -1.94. The molecule has 3 rings (SSSR count). The van der Waals surface area contributed by atoms with Gasteiger partial charge < -0.3 is 31.1 Å². The van der Waals surface area contributed by atoms with Crippen molar-refractivity contribution in [3.8, 4) is 11.8 Å². The van der Waals surface area contributed by atoms with Gasteiger partial charge in [-0.25, -0.2) is 4.98 Å². The fourth-order valence-electron chi connectivity index (χ4n) is 2.92. The molecule has 0 radical (unpaired) electrons. The summed E-state index contributed by atoms with van der Waals surface area (Å²) >= 11 is 0. The lowest BCUT2D eigenvalue weighted by molar-refractivity contribution is -0.0855. The van der Waals surface area contributed by atoms with Crippen LogP contribution >= 0.6 is 0 Å². The van der Waals surface area contributed by atoms with E-state index in [-0.39, 0.29) is 5.96 Å². The van der Waals surface area contributed by atoms with Gasteiger partial charge >= 0.3 is 0 Å². The second-order valence-corrected chi connectivity index (χ2v) is 5.76. The first-order valence-corrected chi connectivity index (χ1v) is 7.34. The average molecular weight is 333 g/mol. The Balaban J connectivity index is 2.12. The van der Waals surface area contributed by atoms with Crippen LogP contribution in [-0.2, 0) is 4.74 Å². The molecular formula is C15H19N5O4. The largest absolute Gasteiger partial charge is 0.391 e. The summed E-state index contributed by atoms with van der Waals surface area (Å²) in [6.45, 7) is 6.80. The fraction of sp³-hybridized carbons (Fsp3) is 0.467. The first kappa shape index (κ1) is 16.5. The van der Waals surface area contributed by atoms with E-state index in [4.69, 9.17) is 10.5 Å². The van der Waals surface area contributed by atoms with E-state index in [2.05, 4.69) is 33.7 Å². The number of fused-ring (bicyclic) bond motifs is 1. The number of nitrogens with one attached hydrogen (secondary N) is 1. The first-order valence-electron chi connectivity index (χ1n) is 7.34. The van der Waals surface area contributed by atoms with Crippen molar-refractivity contribution in [2.75, 3.05) is 0 Å². The molecule has 0 spiro atoms. The maximum Gasteiger partial charge on any atom is 0.199 e. The van der Waals surface area contributed by atoms with Crippen molar-refractivity contribution >= 4 is 17.5 Å². The van der Waals surface area contributed by atoms with E-state index >= 15 is 0 Å². The molecular weight excluding hydrogens is 314 g/mol.